The van der Waals surface area contributed by atoms with Crippen LogP contribution in [0.15, 0.2) is 17.8 Å². The minimum Gasteiger partial charge on any atom is -0.378 e. The maximum atomic E-state index is 5.01. The van der Waals surface area contributed by atoms with Crippen LogP contribution < -0.4 is 0 Å². The van der Waals surface area contributed by atoms with Crippen molar-refractivity contribution in [3.8, 4) is 11.3 Å². The zero-order valence-electron chi connectivity index (χ0n) is 8.10. The third-order valence-corrected chi connectivity index (χ3v) is 2.64. The van der Waals surface area contributed by atoms with Crippen molar-refractivity contribution in [2.45, 2.75) is 6.61 Å². The molecule has 14 heavy (non-hydrogen) atoms. The van der Waals surface area contributed by atoms with Crippen molar-refractivity contribution in [3.63, 3.8) is 0 Å². The van der Waals surface area contributed by atoms with Gasteiger partial charge in [0.25, 0.3) is 0 Å². The molecule has 0 spiro atoms. The lowest BCUT2D eigenvalue weighted by Gasteiger charge is -1.90. The molecule has 2 aromatic heterocycles. The van der Waals surface area contributed by atoms with Gasteiger partial charge in [0.05, 0.1) is 18.5 Å². The molecule has 0 radical (unpaired) electrons. The molecule has 0 aliphatic carbocycles. The number of hydrogen-bond acceptors (Lipinski definition) is 4. The van der Waals surface area contributed by atoms with Gasteiger partial charge < -0.3 is 4.74 Å². The Morgan fingerprint density at radius 1 is 1.57 bits per heavy atom. The second kappa shape index (κ2) is 3.89. The fraction of sp³-hybridized carbons (Fsp3) is 0.333. The molecule has 2 heterocycles. The molecule has 0 saturated carbocycles. The van der Waals surface area contributed by atoms with Gasteiger partial charge >= 0.3 is 0 Å². The molecular weight excluding hydrogens is 198 g/mol. The van der Waals surface area contributed by atoms with E-state index < -0.39 is 0 Å². The highest BCUT2D eigenvalue weighted by molar-refractivity contribution is 7.09. The Hall–Kier alpha value is -1.20. The van der Waals surface area contributed by atoms with Crippen LogP contribution in [-0.2, 0) is 18.4 Å². The van der Waals surface area contributed by atoms with E-state index in [0.717, 1.165) is 16.3 Å². The molecule has 0 aliphatic rings. The van der Waals surface area contributed by atoms with E-state index in [1.54, 1.807) is 23.1 Å². The number of ether oxygens (including phenoxy) is 1. The van der Waals surface area contributed by atoms with Crippen LogP contribution in [-0.4, -0.2) is 21.9 Å². The summed E-state index contributed by atoms with van der Waals surface area (Å²) in [5.41, 5.74) is 2.02. The maximum absolute atomic E-state index is 5.01. The average molecular weight is 209 g/mol. The highest BCUT2D eigenvalue weighted by Gasteiger charge is 2.05. The van der Waals surface area contributed by atoms with Crippen LogP contribution in [0, 0.1) is 0 Å². The molecule has 74 valence electrons. The van der Waals surface area contributed by atoms with Gasteiger partial charge in [-0.25, -0.2) is 4.98 Å². The lowest BCUT2D eigenvalue weighted by molar-refractivity contribution is 0.184. The molecular formula is C9H11N3OS. The summed E-state index contributed by atoms with van der Waals surface area (Å²) in [6, 6.07) is 0. The van der Waals surface area contributed by atoms with Gasteiger partial charge in [-0.2, -0.15) is 5.10 Å². The van der Waals surface area contributed by atoms with Crippen LogP contribution in [0.2, 0.25) is 0 Å². The molecule has 0 bridgehead atoms. The molecule has 0 amide bonds. The standard InChI is InChI=1S/C9H11N3OS/c1-12-4-7(3-10-12)8-6-14-9(11-8)5-13-2/h3-4,6H,5H2,1-2H3. The van der Waals surface area contributed by atoms with Crippen molar-refractivity contribution in [3.05, 3.63) is 22.8 Å². The summed E-state index contributed by atoms with van der Waals surface area (Å²) in [7, 11) is 3.57. The molecule has 5 heteroatoms. The van der Waals surface area contributed by atoms with Gasteiger partial charge in [-0.3, -0.25) is 4.68 Å². The summed E-state index contributed by atoms with van der Waals surface area (Å²) < 4.78 is 6.78. The summed E-state index contributed by atoms with van der Waals surface area (Å²) in [4.78, 5) is 4.42. The first-order valence-electron chi connectivity index (χ1n) is 4.22. The van der Waals surface area contributed by atoms with Gasteiger partial charge in [0.15, 0.2) is 0 Å². The molecule has 0 N–H and O–H groups in total. The molecule has 0 aromatic carbocycles. The highest BCUT2D eigenvalue weighted by atomic mass is 32.1. The Bertz CT molecular complexity index is 421. The molecule has 2 rings (SSSR count). The second-order valence-corrected chi connectivity index (χ2v) is 3.90. The molecule has 0 saturated heterocycles. The number of aromatic nitrogens is 3. The summed E-state index contributed by atoms with van der Waals surface area (Å²) in [6.45, 7) is 0.574. The van der Waals surface area contributed by atoms with Crippen LogP contribution in [0.1, 0.15) is 5.01 Å². The number of nitrogens with zero attached hydrogens (tertiary/aromatic N) is 3. The SMILES string of the molecule is COCc1nc(-c2cnn(C)c2)cs1. The van der Waals surface area contributed by atoms with Gasteiger partial charge in [0, 0.05) is 31.3 Å². The van der Waals surface area contributed by atoms with Gasteiger partial charge in [-0.05, 0) is 0 Å². The van der Waals surface area contributed by atoms with Gasteiger partial charge in [-0.15, -0.1) is 11.3 Å². The van der Waals surface area contributed by atoms with E-state index in [1.165, 1.54) is 0 Å². The molecule has 0 fully saturated rings. The lowest BCUT2D eigenvalue weighted by atomic mass is 10.3. The molecule has 2 aromatic rings. The number of methoxy groups -OCH3 is 1. The maximum Gasteiger partial charge on any atom is 0.119 e. The van der Waals surface area contributed by atoms with Crippen molar-refractivity contribution >= 4 is 11.3 Å². The van der Waals surface area contributed by atoms with Gasteiger partial charge in [0.1, 0.15) is 5.01 Å². The second-order valence-electron chi connectivity index (χ2n) is 2.96. The number of aryl methyl sites for hydroxylation is 1. The zero-order chi connectivity index (χ0) is 9.97. The van der Waals surface area contributed by atoms with E-state index in [0.29, 0.717) is 6.61 Å². The first kappa shape index (κ1) is 9.36. The number of hydrogen-bond donors (Lipinski definition) is 0. The fourth-order valence-electron chi connectivity index (χ4n) is 1.19. The first-order chi connectivity index (χ1) is 6.79. The Labute approximate surface area is 86.2 Å². The smallest absolute Gasteiger partial charge is 0.119 e. The van der Waals surface area contributed by atoms with E-state index >= 15 is 0 Å². The largest absolute Gasteiger partial charge is 0.378 e. The van der Waals surface area contributed by atoms with E-state index in [1.807, 2.05) is 24.8 Å². The van der Waals surface area contributed by atoms with Crippen LogP contribution in [0.3, 0.4) is 0 Å². The van der Waals surface area contributed by atoms with Crippen molar-refractivity contribution < 1.29 is 4.74 Å². The quantitative estimate of drug-likeness (QED) is 0.772. The van der Waals surface area contributed by atoms with E-state index in [-0.39, 0.29) is 0 Å². The topological polar surface area (TPSA) is 39.9 Å². The van der Waals surface area contributed by atoms with Crippen molar-refractivity contribution in [1.29, 1.82) is 0 Å². The van der Waals surface area contributed by atoms with Crippen molar-refractivity contribution in [1.82, 2.24) is 14.8 Å². The van der Waals surface area contributed by atoms with E-state index in [4.69, 9.17) is 4.74 Å². The summed E-state index contributed by atoms with van der Waals surface area (Å²) in [5.74, 6) is 0. The van der Waals surface area contributed by atoms with Crippen LogP contribution >= 0.6 is 11.3 Å². The third kappa shape index (κ3) is 1.83. The number of thiazole rings is 1. The Morgan fingerprint density at radius 3 is 3.07 bits per heavy atom. The van der Waals surface area contributed by atoms with Crippen LogP contribution in [0.4, 0.5) is 0 Å². The molecule has 4 nitrogen and oxygen atoms in total. The Balaban J connectivity index is 2.24. The molecule has 0 unspecified atom stereocenters. The summed E-state index contributed by atoms with van der Waals surface area (Å²) in [6.07, 6.45) is 3.76. The van der Waals surface area contributed by atoms with Gasteiger partial charge in [-0.1, -0.05) is 0 Å². The molecule has 0 aliphatic heterocycles. The Kier molecular flexibility index (Phi) is 2.60. The zero-order valence-corrected chi connectivity index (χ0v) is 8.91. The third-order valence-electron chi connectivity index (χ3n) is 1.82. The minimum absolute atomic E-state index is 0.574. The van der Waals surface area contributed by atoms with Gasteiger partial charge in [0.2, 0.25) is 0 Å². The number of rotatable bonds is 3. The molecule has 0 atom stereocenters. The van der Waals surface area contributed by atoms with Crippen LogP contribution in [0.25, 0.3) is 11.3 Å². The monoisotopic (exact) mass is 209 g/mol. The van der Waals surface area contributed by atoms with Crippen LogP contribution in [0.5, 0.6) is 0 Å². The van der Waals surface area contributed by atoms with Crippen molar-refractivity contribution in [2.24, 2.45) is 7.05 Å². The first-order valence-corrected chi connectivity index (χ1v) is 5.10. The lowest BCUT2D eigenvalue weighted by Crippen LogP contribution is -1.85. The normalized spacial score (nSPS) is 10.7. The summed E-state index contributed by atoms with van der Waals surface area (Å²) in [5, 5.41) is 7.11. The summed E-state index contributed by atoms with van der Waals surface area (Å²) >= 11 is 1.61. The van der Waals surface area contributed by atoms with Crippen molar-refractivity contribution in [2.75, 3.05) is 7.11 Å². The predicted molar refractivity (Wildman–Crippen MR) is 55.0 cm³/mol. The average Bonchev–Trinajstić information content (AvgIpc) is 2.74. The predicted octanol–water partition coefficient (Wildman–Crippen LogP) is 1.69. The highest BCUT2D eigenvalue weighted by Crippen LogP contribution is 2.21. The minimum atomic E-state index is 0.574. The fourth-order valence-corrected chi connectivity index (χ4v) is 1.96. The Morgan fingerprint density at radius 2 is 2.43 bits per heavy atom. The van der Waals surface area contributed by atoms with E-state index in [2.05, 4.69) is 10.1 Å². The van der Waals surface area contributed by atoms with E-state index in [9.17, 15) is 0 Å².